The molecule has 1 N–H and O–H groups in total. The standard InChI is InChI=1S/C32H35Cl2F2N3O8S/c1-48(42,43)39(7-6-38-8-10-44-11-9-38)23-12-22(13-24(40)15-23)31(41)46-29(16-25-26(33)17-37-18-27(25)34)21-4-5-28(47-32(35)36)30(14-21)45-19-20-2-3-20/h4-5,12-15,17-18,20,29,32,40H,2-3,6-11,16,19H2,1H3/t29-/m0/s1. The number of hydrogen-bond donors (Lipinski definition) is 1. The van der Waals surface area contributed by atoms with Crippen molar-refractivity contribution in [2.24, 2.45) is 5.92 Å². The molecule has 1 saturated heterocycles. The van der Waals surface area contributed by atoms with Gasteiger partial charge in [-0.3, -0.25) is 14.2 Å². The van der Waals surface area contributed by atoms with Crippen molar-refractivity contribution in [3.05, 3.63) is 75.5 Å². The third-order valence-corrected chi connectivity index (χ3v) is 9.71. The van der Waals surface area contributed by atoms with E-state index in [1.807, 2.05) is 0 Å². The Hall–Kier alpha value is -3.43. The first-order chi connectivity index (χ1) is 22.9. The van der Waals surface area contributed by atoms with Gasteiger partial charge in [0.1, 0.15) is 11.9 Å². The molecule has 1 aromatic heterocycles. The molecule has 3 aromatic rings. The lowest BCUT2D eigenvalue weighted by Gasteiger charge is -2.30. The summed E-state index contributed by atoms with van der Waals surface area (Å²) in [7, 11) is -3.82. The second-order valence-corrected chi connectivity index (χ2v) is 14.3. The highest BCUT2D eigenvalue weighted by Gasteiger charge is 2.28. The second-order valence-electron chi connectivity index (χ2n) is 11.5. The van der Waals surface area contributed by atoms with Gasteiger partial charge in [0.05, 0.1) is 47.4 Å². The van der Waals surface area contributed by atoms with E-state index in [0.29, 0.717) is 56.5 Å². The maximum Gasteiger partial charge on any atom is 0.387 e. The maximum atomic E-state index is 13.7. The first kappa shape index (κ1) is 35.9. The van der Waals surface area contributed by atoms with Crippen molar-refractivity contribution in [1.29, 1.82) is 0 Å². The van der Waals surface area contributed by atoms with Crippen molar-refractivity contribution in [3.8, 4) is 17.2 Å². The lowest BCUT2D eigenvalue weighted by atomic mass is 10.0. The van der Waals surface area contributed by atoms with Crippen LogP contribution in [-0.4, -0.2) is 88.2 Å². The molecule has 2 fully saturated rings. The Balaban J connectivity index is 1.46. The summed E-state index contributed by atoms with van der Waals surface area (Å²) in [4.78, 5) is 19.8. The number of hydrogen-bond acceptors (Lipinski definition) is 10. The van der Waals surface area contributed by atoms with Crippen LogP contribution in [0.3, 0.4) is 0 Å². The number of alkyl halides is 2. The molecule has 1 aliphatic heterocycles. The van der Waals surface area contributed by atoms with Gasteiger partial charge in [-0.05, 0) is 54.2 Å². The van der Waals surface area contributed by atoms with E-state index in [9.17, 15) is 27.1 Å². The summed E-state index contributed by atoms with van der Waals surface area (Å²) in [6.07, 6.45) is 4.56. The van der Waals surface area contributed by atoms with Crippen LogP contribution < -0.4 is 13.8 Å². The zero-order valence-corrected chi connectivity index (χ0v) is 28.3. The summed E-state index contributed by atoms with van der Waals surface area (Å²) in [5, 5.41) is 11.0. The van der Waals surface area contributed by atoms with E-state index in [-0.39, 0.29) is 51.5 Å². The quantitative estimate of drug-likeness (QED) is 0.194. The highest BCUT2D eigenvalue weighted by atomic mass is 35.5. The predicted octanol–water partition coefficient (Wildman–Crippen LogP) is 5.72. The van der Waals surface area contributed by atoms with Crippen LogP contribution in [-0.2, 0) is 25.9 Å². The van der Waals surface area contributed by atoms with Gasteiger partial charge in [-0.25, -0.2) is 13.2 Å². The van der Waals surface area contributed by atoms with Crippen molar-refractivity contribution in [2.45, 2.75) is 32.0 Å². The Labute approximate surface area is 287 Å². The van der Waals surface area contributed by atoms with E-state index in [4.69, 9.17) is 37.4 Å². The summed E-state index contributed by atoms with van der Waals surface area (Å²) < 4.78 is 75.0. The van der Waals surface area contributed by atoms with E-state index >= 15 is 0 Å². The second kappa shape index (κ2) is 15.9. The Kier molecular flexibility index (Phi) is 11.8. The van der Waals surface area contributed by atoms with Crippen LogP contribution >= 0.6 is 23.2 Å². The third kappa shape index (κ3) is 9.82. The fourth-order valence-electron chi connectivity index (χ4n) is 5.17. The first-order valence-electron chi connectivity index (χ1n) is 15.2. The molecule has 0 radical (unpaired) electrons. The Morgan fingerprint density at radius 3 is 2.46 bits per heavy atom. The molecule has 1 aliphatic carbocycles. The van der Waals surface area contributed by atoms with Crippen LogP contribution in [0.15, 0.2) is 48.8 Å². The minimum atomic E-state index is -3.82. The Morgan fingerprint density at radius 2 is 1.81 bits per heavy atom. The molecule has 2 heterocycles. The van der Waals surface area contributed by atoms with Crippen LogP contribution in [0.25, 0.3) is 0 Å². The fraction of sp³-hybridized carbons (Fsp3) is 0.438. The number of aromatic hydroxyl groups is 1. The number of phenolic OH excluding ortho intramolecular Hbond substituents is 1. The number of aromatic nitrogens is 1. The largest absolute Gasteiger partial charge is 0.508 e. The third-order valence-electron chi connectivity index (χ3n) is 7.87. The van der Waals surface area contributed by atoms with E-state index in [0.717, 1.165) is 29.5 Å². The monoisotopic (exact) mass is 729 g/mol. The first-order valence-corrected chi connectivity index (χ1v) is 17.8. The minimum absolute atomic E-state index is 0.0383. The molecule has 48 heavy (non-hydrogen) atoms. The highest BCUT2D eigenvalue weighted by molar-refractivity contribution is 7.92. The van der Waals surface area contributed by atoms with Crippen molar-refractivity contribution < 1.29 is 46.0 Å². The number of sulfonamides is 1. The number of pyridine rings is 1. The molecule has 2 aliphatic rings. The smallest absolute Gasteiger partial charge is 0.387 e. The molecule has 1 atom stereocenters. The molecular weight excluding hydrogens is 695 g/mol. The summed E-state index contributed by atoms with van der Waals surface area (Å²) >= 11 is 12.8. The predicted molar refractivity (Wildman–Crippen MR) is 175 cm³/mol. The number of morpholine rings is 1. The fourth-order valence-corrected chi connectivity index (χ4v) is 6.59. The van der Waals surface area contributed by atoms with Gasteiger partial charge in [0.15, 0.2) is 11.5 Å². The summed E-state index contributed by atoms with van der Waals surface area (Å²) in [6, 6.07) is 7.91. The number of carbonyl (C=O) groups is 1. The van der Waals surface area contributed by atoms with Gasteiger partial charge in [0, 0.05) is 51.1 Å². The van der Waals surface area contributed by atoms with Gasteiger partial charge in [0.2, 0.25) is 10.0 Å². The number of halogens is 4. The number of carbonyl (C=O) groups excluding carboxylic acids is 1. The average Bonchev–Trinajstić information content (AvgIpc) is 3.86. The lowest BCUT2D eigenvalue weighted by Crippen LogP contribution is -2.43. The maximum absolute atomic E-state index is 13.7. The lowest BCUT2D eigenvalue weighted by molar-refractivity contribution is -0.0515. The van der Waals surface area contributed by atoms with Crippen molar-refractivity contribution >= 4 is 44.9 Å². The van der Waals surface area contributed by atoms with Crippen LogP contribution in [0.5, 0.6) is 17.2 Å². The zero-order valence-electron chi connectivity index (χ0n) is 26.0. The Bertz CT molecular complexity index is 1690. The van der Waals surface area contributed by atoms with Gasteiger partial charge in [-0.15, -0.1) is 0 Å². The molecule has 2 aromatic carbocycles. The van der Waals surface area contributed by atoms with Crippen LogP contribution in [0.4, 0.5) is 14.5 Å². The molecule has 5 rings (SSSR count). The van der Waals surface area contributed by atoms with Crippen LogP contribution in [0.1, 0.15) is 40.4 Å². The molecule has 16 heteroatoms. The van der Waals surface area contributed by atoms with Gasteiger partial charge < -0.3 is 24.1 Å². The van der Waals surface area contributed by atoms with Gasteiger partial charge in [-0.1, -0.05) is 29.3 Å². The molecule has 0 spiro atoms. The number of ether oxygens (including phenoxy) is 4. The zero-order chi connectivity index (χ0) is 34.4. The summed E-state index contributed by atoms with van der Waals surface area (Å²) in [5.41, 5.74) is 0.689. The Morgan fingerprint density at radius 1 is 1.10 bits per heavy atom. The summed E-state index contributed by atoms with van der Waals surface area (Å²) in [5.74, 6) is -1.11. The highest BCUT2D eigenvalue weighted by Crippen LogP contribution is 2.38. The molecular formula is C32H35Cl2F2N3O8S. The molecule has 0 amide bonds. The number of nitrogens with zero attached hydrogens (tertiary/aromatic N) is 3. The number of phenols is 1. The van der Waals surface area contributed by atoms with Gasteiger partial charge in [-0.2, -0.15) is 8.78 Å². The molecule has 1 saturated carbocycles. The number of esters is 1. The molecule has 11 nitrogen and oxygen atoms in total. The number of benzene rings is 2. The van der Waals surface area contributed by atoms with E-state index in [1.165, 1.54) is 42.7 Å². The van der Waals surface area contributed by atoms with E-state index in [1.54, 1.807) is 0 Å². The normalized spacial score (nSPS) is 16.0. The van der Waals surface area contributed by atoms with Crippen LogP contribution in [0, 0.1) is 5.92 Å². The average molecular weight is 731 g/mol. The van der Waals surface area contributed by atoms with Crippen molar-refractivity contribution in [1.82, 2.24) is 9.88 Å². The van der Waals surface area contributed by atoms with Gasteiger partial charge in [0.25, 0.3) is 0 Å². The number of anilines is 1. The number of rotatable bonds is 15. The van der Waals surface area contributed by atoms with Crippen LogP contribution in [0.2, 0.25) is 10.0 Å². The molecule has 260 valence electrons. The van der Waals surface area contributed by atoms with E-state index < -0.39 is 28.7 Å². The topological polar surface area (TPSA) is 128 Å². The minimum Gasteiger partial charge on any atom is -0.508 e. The summed E-state index contributed by atoms with van der Waals surface area (Å²) in [6.45, 7) is 0.0248. The molecule has 0 unspecified atom stereocenters. The van der Waals surface area contributed by atoms with Gasteiger partial charge >= 0.3 is 12.6 Å². The SMILES string of the molecule is CS(=O)(=O)N(CCN1CCOCC1)c1cc(O)cc(C(=O)O[C@@H](Cc2c(Cl)cncc2Cl)c2ccc(OC(F)F)c(OCC3CC3)c2)c1. The molecule has 0 bridgehead atoms. The van der Waals surface area contributed by atoms with Crippen molar-refractivity contribution in [3.63, 3.8) is 0 Å². The van der Waals surface area contributed by atoms with Crippen molar-refractivity contribution in [2.75, 3.05) is 56.6 Å². The van der Waals surface area contributed by atoms with E-state index in [2.05, 4.69) is 14.6 Å².